The molecule has 1 heterocycles. The van der Waals surface area contributed by atoms with Gasteiger partial charge in [-0.15, -0.1) is 0 Å². The summed E-state index contributed by atoms with van der Waals surface area (Å²) < 4.78 is 0. The van der Waals surface area contributed by atoms with Gasteiger partial charge in [0.2, 0.25) is 0 Å². The Bertz CT molecular complexity index is 456. The van der Waals surface area contributed by atoms with Crippen LogP contribution in [-0.2, 0) is 4.79 Å². The number of ketones is 1. The molecule has 0 atom stereocenters. The van der Waals surface area contributed by atoms with E-state index in [2.05, 4.69) is 5.32 Å². The van der Waals surface area contributed by atoms with Gasteiger partial charge in [-0.2, -0.15) is 0 Å². The molecule has 0 aromatic heterocycles. The van der Waals surface area contributed by atoms with Gasteiger partial charge in [-0.3, -0.25) is 14.9 Å². The molecule has 2 rings (SSSR count). The van der Waals surface area contributed by atoms with Gasteiger partial charge >= 0.3 is 6.03 Å². The lowest BCUT2D eigenvalue weighted by molar-refractivity contribution is -0.116. The van der Waals surface area contributed by atoms with Crippen LogP contribution in [-0.4, -0.2) is 35.7 Å². The monoisotopic (exact) mass is 232 g/mol. The Hall–Kier alpha value is -2.17. The normalized spacial score (nSPS) is 14.8. The Labute approximate surface area is 98.4 Å². The van der Waals surface area contributed by atoms with Crippen molar-refractivity contribution in [2.45, 2.75) is 6.42 Å². The maximum atomic E-state index is 11.6. The fraction of sp³-hybridized carbons (Fsp3) is 0.250. The lowest BCUT2D eigenvalue weighted by Gasteiger charge is -2.14. The topological polar surface area (TPSA) is 66.5 Å². The molecule has 88 valence electrons. The molecule has 0 unspecified atom stereocenters. The average molecular weight is 232 g/mol. The first-order chi connectivity index (χ1) is 8.16. The number of imide groups is 1. The molecule has 1 saturated heterocycles. The van der Waals surface area contributed by atoms with Gasteiger partial charge in [0.1, 0.15) is 0 Å². The second kappa shape index (κ2) is 4.78. The Morgan fingerprint density at radius 2 is 1.88 bits per heavy atom. The zero-order chi connectivity index (χ0) is 12.3. The molecular weight excluding hydrogens is 220 g/mol. The highest BCUT2D eigenvalue weighted by atomic mass is 16.2. The lowest BCUT2D eigenvalue weighted by Crippen LogP contribution is -2.41. The van der Waals surface area contributed by atoms with Crippen LogP contribution in [0.3, 0.4) is 0 Å². The molecule has 0 spiro atoms. The fourth-order valence-electron chi connectivity index (χ4n) is 1.64. The van der Waals surface area contributed by atoms with E-state index in [4.69, 9.17) is 0 Å². The Balaban J connectivity index is 1.95. The third-order valence-corrected chi connectivity index (χ3v) is 2.57. The average Bonchev–Trinajstić information content (AvgIpc) is 2.77. The predicted molar refractivity (Wildman–Crippen MR) is 60.5 cm³/mol. The number of nitrogens with one attached hydrogen (secondary N) is 1. The van der Waals surface area contributed by atoms with Crippen molar-refractivity contribution in [2.24, 2.45) is 0 Å². The van der Waals surface area contributed by atoms with E-state index in [0.717, 1.165) is 0 Å². The summed E-state index contributed by atoms with van der Waals surface area (Å²) in [6.07, 6.45) is 0.368. The predicted octanol–water partition coefficient (Wildman–Crippen LogP) is 0.811. The number of urea groups is 1. The number of carbonyl (C=O) groups excluding carboxylic acids is 3. The smallest absolute Gasteiger partial charge is 0.317 e. The fourth-order valence-corrected chi connectivity index (χ4v) is 1.64. The molecular formula is C12H12N2O3. The van der Waals surface area contributed by atoms with Crippen molar-refractivity contribution < 1.29 is 14.4 Å². The highest BCUT2D eigenvalue weighted by Gasteiger charge is 2.25. The highest BCUT2D eigenvalue weighted by Crippen LogP contribution is 2.05. The number of carbonyl (C=O) groups is 3. The summed E-state index contributed by atoms with van der Waals surface area (Å²) in [6.45, 7) is 0.473. The van der Waals surface area contributed by atoms with Crippen LogP contribution in [0, 0.1) is 0 Å². The SMILES string of the molecule is O=C1CCN(C(=O)NC(=O)c2ccccc2)C1. The molecule has 17 heavy (non-hydrogen) atoms. The van der Waals surface area contributed by atoms with Gasteiger partial charge in [-0.05, 0) is 12.1 Å². The van der Waals surface area contributed by atoms with E-state index in [9.17, 15) is 14.4 Å². The molecule has 0 aliphatic carbocycles. The largest absolute Gasteiger partial charge is 0.324 e. The quantitative estimate of drug-likeness (QED) is 0.779. The number of benzene rings is 1. The number of nitrogens with zero attached hydrogens (tertiary/aromatic N) is 1. The van der Waals surface area contributed by atoms with Crippen LogP contribution in [0.25, 0.3) is 0 Å². The summed E-state index contributed by atoms with van der Waals surface area (Å²) in [5, 5.41) is 2.25. The number of rotatable bonds is 1. The van der Waals surface area contributed by atoms with E-state index >= 15 is 0 Å². The molecule has 0 saturated carbocycles. The standard InChI is InChI=1S/C12H12N2O3/c15-10-6-7-14(8-10)12(17)13-11(16)9-4-2-1-3-5-9/h1-5H,6-8H2,(H,13,16,17). The van der Waals surface area contributed by atoms with Gasteiger partial charge in [0.15, 0.2) is 5.78 Å². The first-order valence-electron chi connectivity index (χ1n) is 5.34. The van der Waals surface area contributed by atoms with Crippen LogP contribution in [0.1, 0.15) is 16.8 Å². The van der Waals surface area contributed by atoms with Crippen molar-refractivity contribution in [3.63, 3.8) is 0 Å². The van der Waals surface area contributed by atoms with E-state index in [1.807, 2.05) is 0 Å². The lowest BCUT2D eigenvalue weighted by atomic mass is 10.2. The Morgan fingerprint density at radius 1 is 1.18 bits per heavy atom. The van der Waals surface area contributed by atoms with E-state index in [0.29, 0.717) is 18.5 Å². The van der Waals surface area contributed by atoms with Crippen molar-refractivity contribution in [2.75, 3.05) is 13.1 Å². The molecule has 5 heteroatoms. The van der Waals surface area contributed by atoms with E-state index < -0.39 is 11.9 Å². The van der Waals surface area contributed by atoms with Crippen LogP contribution in [0.4, 0.5) is 4.79 Å². The molecule has 1 aliphatic rings. The summed E-state index contributed by atoms with van der Waals surface area (Å²) in [5.74, 6) is -0.428. The summed E-state index contributed by atoms with van der Waals surface area (Å²) >= 11 is 0. The van der Waals surface area contributed by atoms with Crippen LogP contribution in [0.15, 0.2) is 30.3 Å². The number of likely N-dealkylation sites (tertiary alicyclic amines) is 1. The van der Waals surface area contributed by atoms with Crippen molar-refractivity contribution in [3.05, 3.63) is 35.9 Å². The van der Waals surface area contributed by atoms with Crippen LogP contribution in [0.5, 0.6) is 0 Å². The molecule has 0 bridgehead atoms. The number of hydrogen-bond acceptors (Lipinski definition) is 3. The van der Waals surface area contributed by atoms with Crippen molar-refractivity contribution in [1.29, 1.82) is 0 Å². The van der Waals surface area contributed by atoms with E-state index in [1.54, 1.807) is 30.3 Å². The Kier molecular flexibility index (Phi) is 3.18. The van der Waals surface area contributed by atoms with Gasteiger partial charge in [0.25, 0.3) is 5.91 Å². The second-order valence-corrected chi connectivity index (χ2v) is 3.84. The minimum atomic E-state index is -0.510. The maximum absolute atomic E-state index is 11.6. The van der Waals surface area contributed by atoms with Gasteiger partial charge in [0, 0.05) is 18.5 Å². The van der Waals surface area contributed by atoms with Crippen LogP contribution in [0.2, 0.25) is 0 Å². The third kappa shape index (κ3) is 2.69. The minimum absolute atomic E-state index is 0.0207. The summed E-state index contributed by atoms with van der Waals surface area (Å²) in [5.41, 5.74) is 0.423. The summed E-state index contributed by atoms with van der Waals surface area (Å²) in [4.78, 5) is 35.6. The first kappa shape index (κ1) is 11.3. The van der Waals surface area contributed by atoms with Crippen LogP contribution < -0.4 is 5.32 Å². The zero-order valence-corrected chi connectivity index (χ0v) is 9.18. The third-order valence-electron chi connectivity index (χ3n) is 2.57. The van der Waals surface area contributed by atoms with E-state index in [1.165, 1.54) is 4.90 Å². The molecule has 3 amide bonds. The van der Waals surface area contributed by atoms with E-state index in [-0.39, 0.29) is 12.3 Å². The number of Topliss-reactive ketones (excluding diaryl/α,β-unsaturated/α-hetero) is 1. The number of hydrogen-bond donors (Lipinski definition) is 1. The molecule has 1 aliphatic heterocycles. The highest BCUT2D eigenvalue weighted by molar-refractivity contribution is 6.05. The molecule has 1 aromatic rings. The molecule has 5 nitrogen and oxygen atoms in total. The van der Waals surface area contributed by atoms with Crippen molar-refractivity contribution in [1.82, 2.24) is 10.2 Å². The maximum Gasteiger partial charge on any atom is 0.324 e. The van der Waals surface area contributed by atoms with Gasteiger partial charge in [0.05, 0.1) is 6.54 Å². The van der Waals surface area contributed by atoms with Gasteiger partial charge in [-0.25, -0.2) is 4.79 Å². The molecule has 0 radical (unpaired) electrons. The van der Waals surface area contributed by atoms with Crippen molar-refractivity contribution in [3.8, 4) is 0 Å². The molecule has 1 aromatic carbocycles. The molecule has 1 N–H and O–H groups in total. The van der Waals surface area contributed by atoms with Gasteiger partial charge < -0.3 is 4.90 Å². The number of amides is 3. The zero-order valence-electron chi connectivity index (χ0n) is 9.18. The minimum Gasteiger partial charge on any atom is -0.317 e. The second-order valence-electron chi connectivity index (χ2n) is 3.84. The Morgan fingerprint density at radius 3 is 2.47 bits per heavy atom. The van der Waals surface area contributed by atoms with Crippen molar-refractivity contribution >= 4 is 17.7 Å². The summed E-state index contributed by atoms with van der Waals surface area (Å²) in [6, 6.07) is 7.97. The van der Waals surface area contributed by atoms with Gasteiger partial charge in [-0.1, -0.05) is 18.2 Å². The van der Waals surface area contributed by atoms with Crippen LogP contribution >= 0.6 is 0 Å². The summed E-state index contributed by atoms with van der Waals surface area (Å²) in [7, 11) is 0. The molecule has 1 fully saturated rings. The first-order valence-corrected chi connectivity index (χ1v) is 5.34.